The molecule has 94 valence electrons. The van der Waals surface area contributed by atoms with Crippen molar-refractivity contribution in [3.8, 4) is 12.3 Å². The van der Waals surface area contributed by atoms with E-state index in [2.05, 4.69) is 17.8 Å². The molecule has 0 saturated carbocycles. The predicted molar refractivity (Wildman–Crippen MR) is 75.6 cm³/mol. The van der Waals surface area contributed by atoms with E-state index in [1.807, 2.05) is 37.3 Å². The van der Waals surface area contributed by atoms with Gasteiger partial charge in [-0.1, -0.05) is 13.0 Å². The molecule has 18 heavy (non-hydrogen) atoms. The molecule has 0 aliphatic heterocycles. The zero-order valence-corrected chi connectivity index (χ0v) is 11.0. The number of nitrogens with zero attached hydrogens (tertiary/aromatic N) is 1. The van der Waals surface area contributed by atoms with E-state index in [1.165, 1.54) is 0 Å². The first-order valence-corrected chi connectivity index (χ1v) is 6.11. The van der Waals surface area contributed by atoms with Crippen LogP contribution in [0.5, 0.6) is 0 Å². The van der Waals surface area contributed by atoms with Crippen LogP contribution < -0.4 is 0 Å². The molecule has 1 aromatic rings. The van der Waals surface area contributed by atoms with Gasteiger partial charge < -0.3 is 4.74 Å². The molecule has 0 bridgehead atoms. The highest BCUT2D eigenvalue weighted by Gasteiger charge is 2.04. The number of hydrogen-bond acceptors (Lipinski definition) is 2. The Morgan fingerprint density at radius 1 is 1.50 bits per heavy atom. The smallest absolute Gasteiger partial charge is 0.127 e. The Bertz CT molecular complexity index is 440. The summed E-state index contributed by atoms with van der Waals surface area (Å²) >= 11 is 0. The lowest BCUT2D eigenvalue weighted by Gasteiger charge is -2.13. The normalized spacial score (nSPS) is 13.3. The van der Waals surface area contributed by atoms with E-state index in [-0.39, 0.29) is 6.10 Å². The van der Waals surface area contributed by atoms with Crippen LogP contribution in [0.25, 0.3) is 6.08 Å². The second kappa shape index (κ2) is 8.14. The minimum atomic E-state index is -0.0778. The highest BCUT2D eigenvalue weighted by molar-refractivity contribution is 5.48. The molecule has 1 unspecified atom stereocenters. The summed E-state index contributed by atoms with van der Waals surface area (Å²) < 4.78 is 5.77. The predicted octanol–water partition coefficient (Wildman–Crippen LogP) is 3.82. The molecule has 1 rings (SSSR count). The molecule has 0 N–H and O–H groups in total. The van der Waals surface area contributed by atoms with Crippen molar-refractivity contribution < 1.29 is 4.74 Å². The molecule has 0 aromatic carbocycles. The molecule has 0 radical (unpaired) electrons. The Hall–Kier alpha value is -2.01. The van der Waals surface area contributed by atoms with Crippen LogP contribution in [0.3, 0.4) is 0 Å². The van der Waals surface area contributed by atoms with Gasteiger partial charge in [-0.25, -0.2) is 0 Å². The fraction of sp³-hybridized carbons (Fsp3) is 0.312. The van der Waals surface area contributed by atoms with Crippen LogP contribution in [-0.2, 0) is 4.74 Å². The van der Waals surface area contributed by atoms with Crippen molar-refractivity contribution in [2.24, 2.45) is 0 Å². The molecule has 1 heterocycles. The van der Waals surface area contributed by atoms with E-state index in [4.69, 9.17) is 11.2 Å². The monoisotopic (exact) mass is 241 g/mol. The highest BCUT2D eigenvalue weighted by atomic mass is 16.5. The summed E-state index contributed by atoms with van der Waals surface area (Å²) in [5.41, 5.74) is 1.09. The number of allylic oxidation sites excluding steroid dienone is 2. The maximum atomic E-state index is 5.77. The van der Waals surface area contributed by atoms with Gasteiger partial charge in [0.1, 0.15) is 6.10 Å². The topological polar surface area (TPSA) is 22.1 Å². The first kappa shape index (κ1) is 14.1. The van der Waals surface area contributed by atoms with Crippen molar-refractivity contribution in [3.63, 3.8) is 0 Å². The number of terminal acetylenes is 1. The summed E-state index contributed by atoms with van der Waals surface area (Å²) in [5, 5.41) is 0. The SMILES string of the molecule is C#CCC(/C=C/c1ccncc1)O/C(C)=C/CC. The Kier molecular flexibility index (Phi) is 6.35. The Morgan fingerprint density at radius 3 is 2.83 bits per heavy atom. The van der Waals surface area contributed by atoms with Crippen molar-refractivity contribution in [2.75, 3.05) is 0 Å². The Labute approximate surface area is 109 Å². The van der Waals surface area contributed by atoms with Crippen molar-refractivity contribution in [1.29, 1.82) is 0 Å². The lowest BCUT2D eigenvalue weighted by molar-refractivity contribution is 0.160. The van der Waals surface area contributed by atoms with Crippen molar-refractivity contribution in [1.82, 2.24) is 4.98 Å². The quantitative estimate of drug-likeness (QED) is 0.558. The van der Waals surface area contributed by atoms with Crippen LogP contribution in [0, 0.1) is 12.3 Å². The number of ether oxygens (including phenoxy) is 1. The summed E-state index contributed by atoms with van der Waals surface area (Å²) in [6.07, 6.45) is 16.4. The fourth-order valence-electron chi connectivity index (χ4n) is 1.53. The molecule has 0 aliphatic rings. The van der Waals surface area contributed by atoms with Gasteiger partial charge in [-0.3, -0.25) is 4.98 Å². The third-order valence-electron chi connectivity index (χ3n) is 2.36. The highest BCUT2D eigenvalue weighted by Crippen LogP contribution is 2.10. The molecule has 2 heteroatoms. The largest absolute Gasteiger partial charge is 0.490 e. The molecule has 0 fully saturated rings. The van der Waals surface area contributed by atoms with Gasteiger partial charge in [0.05, 0.1) is 5.76 Å². The van der Waals surface area contributed by atoms with E-state index >= 15 is 0 Å². The van der Waals surface area contributed by atoms with E-state index in [9.17, 15) is 0 Å². The first-order valence-electron chi connectivity index (χ1n) is 6.11. The fourth-order valence-corrected chi connectivity index (χ4v) is 1.53. The van der Waals surface area contributed by atoms with Crippen LogP contribution >= 0.6 is 0 Å². The van der Waals surface area contributed by atoms with E-state index < -0.39 is 0 Å². The molecule has 1 atom stereocenters. The van der Waals surface area contributed by atoms with Crippen LogP contribution in [0.2, 0.25) is 0 Å². The molecule has 2 nitrogen and oxygen atoms in total. The lowest BCUT2D eigenvalue weighted by atomic mass is 10.2. The maximum Gasteiger partial charge on any atom is 0.127 e. The van der Waals surface area contributed by atoms with Crippen LogP contribution in [0.1, 0.15) is 32.3 Å². The lowest BCUT2D eigenvalue weighted by Crippen LogP contribution is -2.07. The molecule has 0 saturated heterocycles. The van der Waals surface area contributed by atoms with Gasteiger partial charge in [0.25, 0.3) is 0 Å². The summed E-state index contributed by atoms with van der Waals surface area (Å²) in [4.78, 5) is 3.97. The first-order chi connectivity index (χ1) is 8.76. The second-order valence-electron chi connectivity index (χ2n) is 3.93. The molecule has 0 aliphatic carbocycles. The van der Waals surface area contributed by atoms with Gasteiger partial charge in [-0.15, -0.1) is 12.3 Å². The van der Waals surface area contributed by atoms with E-state index in [1.54, 1.807) is 12.4 Å². The number of rotatable bonds is 6. The minimum Gasteiger partial charge on any atom is -0.490 e. The van der Waals surface area contributed by atoms with E-state index in [0.717, 1.165) is 17.7 Å². The van der Waals surface area contributed by atoms with Gasteiger partial charge in [0.15, 0.2) is 0 Å². The van der Waals surface area contributed by atoms with Gasteiger partial charge in [0, 0.05) is 18.8 Å². The van der Waals surface area contributed by atoms with E-state index in [0.29, 0.717) is 6.42 Å². The number of hydrogen-bond donors (Lipinski definition) is 0. The van der Waals surface area contributed by atoms with Gasteiger partial charge >= 0.3 is 0 Å². The van der Waals surface area contributed by atoms with Gasteiger partial charge in [-0.05, 0) is 43.2 Å². The van der Waals surface area contributed by atoms with Crippen molar-refractivity contribution >= 4 is 6.08 Å². The second-order valence-corrected chi connectivity index (χ2v) is 3.93. The average molecular weight is 241 g/mol. The number of aromatic nitrogens is 1. The van der Waals surface area contributed by atoms with Crippen LogP contribution in [0.15, 0.2) is 42.4 Å². The van der Waals surface area contributed by atoms with Crippen LogP contribution in [0.4, 0.5) is 0 Å². The summed E-state index contributed by atoms with van der Waals surface area (Å²) in [5.74, 6) is 3.55. The van der Waals surface area contributed by atoms with Crippen LogP contribution in [-0.4, -0.2) is 11.1 Å². The third kappa shape index (κ3) is 5.36. The number of pyridine rings is 1. The standard InChI is InChI=1S/C16H19NO/c1-4-6-14(3)18-16(7-5-2)9-8-15-10-12-17-13-11-15/h2,6,8-13,16H,4,7H2,1,3H3/b9-8+,14-6+. The molecule has 0 spiro atoms. The zero-order valence-electron chi connectivity index (χ0n) is 11.0. The Balaban J connectivity index is 2.66. The molecule has 0 amide bonds. The summed E-state index contributed by atoms with van der Waals surface area (Å²) in [6.45, 7) is 4.03. The summed E-state index contributed by atoms with van der Waals surface area (Å²) in [7, 11) is 0. The summed E-state index contributed by atoms with van der Waals surface area (Å²) in [6, 6.07) is 3.89. The third-order valence-corrected chi connectivity index (χ3v) is 2.36. The van der Waals surface area contributed by atoms with Crippen molar-refractivity contribution in [3.05, 3.63) is 48.0 Å². The van der Waals surface area contributed by atoms with Gasteiger partial charge in [0.2, 0.25) is 0 Å². The van der Waals surface area contributed by atoms with Crippen molar-refractivity contribution in [2.45, 2.75) is 32.8 Å². The molecule has 1 aromatic heterocycles. The Morgan fingerprint density at radius 2 is 2.22 bits per heavy atom. The molecular formula is C16H19NO. The average Bonchev–Trinajstić information content (AvgIpc) is 2.38. The van der Waals surface area contributed by atoms with Gasteiger partial charge in [-0.2, -0.15) is 0 Å². The zero-order chi connectivity index (χ0) is 13.2. The maximum absolute atomic E-state index is 5.77. The molecular weight excluding hydrogens is 222 g/mol. The minimum absolute atomic E-state index is 0.0778.